The lowest BCUT2D eigenvalue weighted by Gasteiger charge is -2.06. The van der Waals surface area contributed by atoms with E-state index >= 15 is 0 Å². The summed E-state index contributed by atoms with van der Waals surface area (Å²) in [4.78, 5) is 10.5. The Labute approximate surface area is 118 Å². The molecule has 0 atom stereocenters. The third-order valence-corrected chi connectivity index (χ3v) is 3.97. The van der Waals surface area contributed by atoms with Crippen LogP contribution in [0.2, 0.25) is 0 Å². The number of carbonyl (C=O) groups is 1. The number of nitrogens with two attached hydrogens (primary N) is 1. The van der Waals surface area contributed by atoms with E-state index in [9.17, 15) is 13.2 Å². The summed E-state index contributed by atoms with van der Waals surface area (Å²) in [5, 5.41) is 8.65. The first-order chi connectivity index (χ1) is 9.43. The predicted octanol–water partition coefficient (Wildman–Crippen LogP) is 0.633. The molecule has 0 saturated carbocycles. The predicted molar refractivity (Wildman–Crippen MR) is 74.8 cm³/mol. The van der Waals surface area contributed by atoms with Gasteiger partial charge >= 0.3 is 0 Å². The van der Waals surface area contributed by atoms with Crippen LogP contribution in [0.1, 0.15) is 30.4 Å². The first-order valence-corrected chi connectivity index (χ1v) is 7.83. The maximum atomic E-state index is 11.8. The SMILES string of the molecule is N#Cc1ccc(CS(=O)(=O)NCCCCC(N)=O)cc1. The molecule has 0 aliphatic rings. The zero-order valence-electron chi connectivity index (χ0n) is 11.0. The van der Waals surface area contributed by atoms with Crippen molar-refractivity contribution in [2.75, 3.05) is 6.54 Å². The van der Waals surface area contributed by atoms with Crippen LogP contribution in [0.5, 0.6) is 0 Å². The number of nitrogens with one attached hydrogen (secondary N) is 1. The fourth-order valence-corrected chi connectivity index (χ4v) is 2.79. The molecule has 1 rings (SSSR count). The van der Waals surface area contributed by atoms with Gasteiger partial charge in [-0.2, -0.15) is 5.26 Å². The molecule has 0 spiro atoms. The molecule has 0 bridgehead atoms. The average molecular weight is 295 g/mol. The summed E-state index contributed by atoms with van der Waals surface area (Å²) >= 11 is 0. The van der Waals surface area contributed by atoms with Gasteiger partial charge in [0.05, 0.1) is 17.4 Å². The minimum absolute atomic E-state index is 0.130. The van der Waals surface area contributed by atoms with Crippen molar-refractivity contribution >= 4 is 15.9 Å². The molecule has 0 aliphatic carbocycles. The third-order valence-electron chi connectivity index (χ3n) is 2.61. The van der Waals surface area contributed by atoms with Crippen LogP contribution in [0.25, 0.3) is 0 Å². The Hall–Kier alpha value is -1.91. The minimum Gasteiger partial charge on any atom is -0.370 e. The lowest BCUT2D eigenvalue weighted by atomic mass is 10.2. The van der Waals surface area contributed by atoms with E-state index in [0.717, 1.165) is 0 Å². The number of hydrogen-bond donors (Lipinski definition) is 2. The summed E-state index contributed by atoms with van der Waals surface area (Å²) in [5.41, 5.74) is 6.10. The van der Waals surface area contributed by atoms with E-state index < -0.39 is 10.0 Å². The number of hydrogen-bond acceptors (Lipinski definition) is 4. The molecule has 3 N–H and O–H groups in total. The van der Waals surface area contributed by atoms with Gasteiger partial charge in [-0.3, -0.25) is 4.79 Å². The molecule has 0 fully saturated rings. The van der Waals surface area contributed by atoms with Crippen molar-refractivity contribution in [1.29, 1.82) is 5.26 Å². The zero-order valence-corrected chi connectivity index (χ0v) is 11.8. The lowest BCUT2D eigenvalue weighted by molar-refractivity contribution is -0.118. The van der Waals surface area contributed by atoms with Crippen LogP contribution in [0.4, 0.5) is 0 Å². The Bertz CT molecular complexity index is 588. The van der Waals surface area contributed by atoms with Gasteiger partial charge in [0.1, 0.15) is 0 Å². The summed E-state index contributed by atoms with van der Waals surface area (Å²) < 4.78 is 26.0. The normalized spacial score (nSPS) is 10.9. The van der Waals surface area contributed by atoms with Crippen molar-refractivity contribution in [2.45, 2.75) is 25.0 Å². The van der Waals surface area contributed by atoms with Gasteiger partial charge in [0, 0.05) is 13.0 Å². The van der Waals surface area contributed by atoms with Crippen LogP contribution >= 0.6 is 0 Å². The smallest absolute Gasteiger partial charge is 0.217 e. The van der Waals surface area contributed by atoms with Gasteiger partial charge in [0.2, 0.25) is 15.9 Å². The van der Waals surface area contributed by atoms with Crippen LogP contribution in [0.3, 0.4) is 0 Å². The van der Waals surface area contributed by atoms with Crippen molar-refractivity contribution in [3.05, 3.63) is 35.4 Å². The Morgan fingerprint density at radius 1 is 1.25 bits per heavy atom. The zero-order chi connectivity index (χ0) is 15.0. The second-order valence-electron chi connectivity index (χ2n) is 4.39. The topological polar surface area (TPSA) is 113 Å². The van der Waals surface area contributed by atoms with Crippen molar-refractivity contribution < 1.29 is 13.2 Å². The summed E-state index contributed by atoms with van der Waals surface area (Å²) in [6.45, 7) is 0.284. The number of amides is 1. The van der Waals surface area contributed by atoms with Gasteiger partial charge in [-0.1, -0.05) is 12.1 Å². The first-order valence-electron chi connectivity index (χ1n) is 6.17. The van der Waals surface area contributed by atoms with E-state index in [1.165, 1.54) is 0 Å². The highest BCUT2D eigenvalue weighted by Crippen LogP contribution is 2.07. The number of unbranched alkanes of at least 4 members (excludes halogenated alkanes) is 1. The highest BCUT2D eigenvalue weighted by atomic mass is 32.2. The molecule has 1 amide bonds. The molecule has 0 radical (unpaired) electrons. The largest absolute Gasteiger partial charge is 0.370 e. The molecule has 0 aliphatic heterocycles. The molecule has 20 heavy (non-hydrogen) atoms. The number of benzene rings is 1. The molecule has 0 aromatic heterocycles. The van der Waals surface area contributed by atoms with Crippen LogP contribution in [0, 0.1) is 11.3 Å². The van der Waals surface area contributed by atoms with Gasteiger partial charge < -0.3 is 5.73 Å². The Balaban J connectivity index is 2.41. The maximum Gasteiger partial charge on any atom is 0.217 e. The van der Waals surface area contributed by atoms with Crippen LogP contribution < -0.4 is 10.5 Å². The lowest BCUT2D eigenvalue weighted by Crippen LogP contribution is -2.26. The van der Waals surface area contributed by atoms with Crippen LogP contribution in [-0.2, 0) is 20.6 Å². The second kappa shape index (κ2) is 7.62. The van der Waals surface area contributed by atoms with E-state index in [1.54, 1.807) is 24.3 Å². The molecule has 0 heterocycles. The molecule has 1 aromatic rings. The van der Waals surface area contributed by atoms with E-state index in [4.69, 9.17) is 11.0 Å². The van der Waals surface area contributed by atoms with Crippen molar-refractivity contribution in [2.24, 2.45) is 5.73 Å². The molecule has 6 nitrogen and oxygen atoms in total. The summed E-state index contributed by atoms with van der Waals surface area (Å²) in [7, 11) is -3.40. The maximum absolute atomic E-state index is 11.8. The number of rotatable bonds is 8. The Kier molecular flexibility index (Phi) is 6.15. The van der Waals surface area contributed by atoms with E-state index in [-0.39, 0.29) is 24.6 Å². The highest BCUT2D eigenvalue weighted by molar-refractivity contribution is 7.88. The molecule has 0 saturated heterocycles. The molecule has 1 aromatic carbocycles. The summed E-state index contributed by atoms with van der Waals surface area (Å²) in [6.07, 6.45) is 1.39. The van der Waals surface area contributed by atoms with E-state index in [2.05, 4.69) is 4.72 Å². The van der Waals surface area contributed by atoms with Crippen molar-refractivity contribution in [3.63, 3.8) is 0 Å². The molecule has 0 unspecified atom stereocenters. The van der Waals surface area contributed by atoms with Gasteiger partial charge in [0.25, 0.3) is 0 Å². The van der Waals surface area contributed by atoms with Gasteiger partial charge in [0.15, 0.2) is 0 Å². The van der Waals surface area contributed by atoms with Crippen LogP contribution in [-0.4, -0.2) is 20.9 Å². The number of nitriles is 1. The fraction of sp³-hybridized carbons (Fsp3) is 0.385. The summed E-state index contributed by atoms with van der Waals surface area (Å²) in [6, 6.07) is 8.37. The Morgan fingerprint density at radius 2 is 1.90 bits per heavy atom. The molecular formula is C13H17N3O3S. The molecule has 7 heteroatoms. The number of nitrogens with zero attached hydrogens (tertiary/aromatic N) is 1. The Morgan fingerprint density at radius 3 is 2.45 bits per heavy atom. The highest BCUT2D eigenvalue weighted by Gasteiger charge is 2.10. The van der Waals surface area contributed by atoms with Crippen LogP contribution in [0.15, 0.2) is 24.3 Å². The third kappa shape index (κ3) is 6.31. The standard InChI is InChI=1S/C13H17N3O3S/c14-9-11-4-6-12(7-5-11)10-20(18,19)16-8-2-1-3-13(15)17/h4-7,16H,1-3,8,10H2,(H2,15,17). The second-order valence-corrected chi connectivity index (χ2v) is 6.19. The van der Waals surface area contributed by atoms with E-state index in [1.807, 2.05) is 6.07 Å². The van der Waals surface area contributed by atoms with E-state index in [0.29, 0.717) is 24.0 Å². The number of primary amides is 1. The van der Waals surface area contributed by atoms with Gasteiger partial charge in [-0.05, 0) is 30.5 Å². The van der Waals surface area contributed by atoms with Gasteiger partial charge in [-0.25, -0.2) is 13.1 Å². The first kappa shape index (κ1) is 16.1. The monoisotopic (exact) mass is 295 g/mol. The van der Waals surface area contributed by atoms with Crippen molar-refractivity contribution in [3.8, 4) is 6.07 Å². The average Bonchev–Trinajstić information content (AvgIpc) is 2.38. The molecule has 108 valence electrons. The minimum atomic E-state index is -3.40. The van der Waals surface area contributed by atoms with Gasteiger partial charge in [-0.15, -0.1) is 0 Å². The fourth-order valence-electron chi connectivity index (χ4n) is 1.60. The quantitative estimate of drug-likeness (QED) is 0.685. The molecular weight excluding hydrogens is 278 g/mol. The number of carbonyl (C=O) groups excluding carboxylic acids is 1. The summed E-state index contributed by atoms with van der Waals surface area (Å²) in [5.74, 6) is -0.514. The number of sulfonamides is 1. The van der Waals surface area contributed by atoms with Crippen molar-refractivity contribution in [1.82, 2.24) is 4.72 Å².